The Morgan fingerprint density at radius 1 is 1.17 bits per heavy atom. The average Bonchev–Trinajstić information content (AvgIpc) is 3.03. The van der Waals surface area contributed by atoms with Gasteiger partial charge in [0, 0.05) is 35.5 Å². The third-order valence-corrected chi connectivity index (χ3v) is 6.15. The number of hydrogen-bond donors (Lipinski definition) is 1. The highest BCUT2D eigenvalue weighted by atomic mass is 79.9. The lowest BCUT2D eigenvalue weighted by molar-refractivity contribution is 0.200. The molecule has 2 heterocycles. The zero-order valence-corrected chi connectivity index (χ0v) is 16.8. The number of nitrogens with zero attached hydrogens (tertiary/aromatic N) is 1. The van der Waals surface area contributed by atoms with Crippen LogP contribution in [-0.2, 0) is 0 Å². The predicted octanol–water partition coefficient (Wildman–Crippen LogP) is 4.18. The number of benzene rings is 1. The average molecular weight is 432 g/mol. The second kappa shape index (κ2) is 8.06. The van der Waals surface area contributed by atoms with E-state index in [0.29, 0.717) is 0 Å². The fourth-order valence-corrected chi connectivity index (χ4v) is 4.78. The van der Waals surface area contributed by atoms with E-state index < -0.39 is 0 Å². The number of piperazine rings is 1. The minimum Gasteiger partial charge on any atom is -0.493 e. The summed E-state index contributed by atoms with van der Waals surface area (Å²) < 4.78 is 12.7. The van der Waals surface area contributed by atoms with Crippen molar-refractivity contribution in [3.63, 3.8) is 0 Å². The van der Waals surface area contributed by atoms with Crippen molar-refractivity contribution < 1.29 is 9.47 Å². The van der Waals surface area contributed by atoms with Crippen molar-refractivity contribution in [2.75, 3.05) is 40.4 Å². The summed E-state index contributed by atoms with van der Waals surface area (Å²) in [5, 5.41) is 3.41. The van der Waals surface area contributed by atoms with Crippen molar-refractivity contribution in [2.45, 2.75) is 6.04 Å². The van der Waals surface area contributed by atoms with Crippen LogP contribution in [0.3, 0.4) is 0 Å². The molecule has 130 valence electrons. The topological polar surface area (TPSA) is 33.7 Å². The van der Waals surface area contributed by atoms with Gasteiger partial charge < -0.3 is 14.8 Å². The summed E-state index contributed by atoms with van der Waals surface area (Å²) in [6.07, 6.45) is 0. The minimum atomic E-state index is 0.138. The zero-order valence-electron chi connectivity index (χ0n) is 13.6. The van der Waals surface area contributed by atoms with Gasteiger partial charge in [0.05, 0.1) is 24.6 Å². The Morgan fingerprint density at radius 2 is 1.83 bits per heavy atom. The van der Waals surface area contributed by atoms with Crippen molar-refractivity contribution in [3.05, 3.63) is 43.5 Å². The molecule has 3 rings (SSSR count). The van der Waals surface area contributed by atoms with Crippen LogP contribution < -0.4 is 14.8 Å². The number of nitrogens with one attached hydrogen (secondary N) is 1. The molecule has 1 aromatic heterocycles. The van der Waals surface area contributed by atoms with E-state index in [9.17, 15) is 0 Å². The summed E-state index contributed by atoms with van der Waals surface area (Å²) in [7, 11) is 3.31. The van der Waals surface area contributed by atoms with E-state index >= 15 is 0 Å². The van der Waals surface area contributed by atoms with Gasteiger partial charge in [-0.3, -0.25) is 4.90 Å². The Kier molecular flexibility index (Phi) is 6.05. The molecule has 24 heavy (non-hydrogen) atoms. The second-order valence-electron chi connectivity index (χ2n) is 5.56. The maximum Gasteiger partial charge on any atom is 0.161 e. The zero-order chi connectivity index (χ0) is 17.1. The normalized spacial score (nSPS) is 16.8. The van der Waals surface area contributed by atoms with Crippen molar-refractivity contribution >= 4 is 38.9 Å². The number of thiophene rings is 1. The molecule has 1 aliphatic heterocycles. The van der Waals surface area contributed by atoms with Crippen LogP contribution in [0.5, 0.6) is 11.5 Å². The third-order valence-electron chi connectivity index (χ3n) is 4.18. The highest BCUT2D eigenvalue weighted by Gasteiger charge is 2.28. The lowest BCUT2D eigenvalue weighted by Gasteiger charge is -2.35. The summed E-state index contributed by atoms with van der Waals surface area (Å²) in [5.74, 6) is 1.45. The van der Waals surface area contributed by atoms with Crippen LogP contribution in [0, 0.1) is 0 Å². The smallest absolute Gasteiger partial charge is 0.161 e. The van der Waals surface area contributed by atoms with Crippen molar-refractivity contribution in [1.82, 2.24) is 10.2 Å². The molecule has 2 aromatic rings. The first kappa shape index (κ1) is 18.0. The standard InChI is InChI=1S/C17H20BrClN2O2S/c1-22-13-9-11(12(18)10-14(13)23-2)17(15-3-4-16(19)24-15)21-7-5-20-6-8-21/h3-4,9-10,17,20H,5-8H2,1-2H3. The van der Waals surface area contributed by atoms with Crippen LogP contribution >= 0.6 is 38.9 Å². The molecule has 1 unspecified atom stereocenters. The first-order chi connectivity index (χ1) is 11.6. The molecule has 1 aromatic carbocycles. The number of hydrogen-bond acceptors (Lipinski definition) is 5. The number of ether oxygens (including phenoxy) is 2. The third kappa shape index (κ3) is 3.73. The van der Waals surface area contributed by atoms with Gasteiger partial charge in [-0.15, -0.1) is 11.3 Å². The molecule has 0 aliphatic carbocycles. The fraction of sp³-hybridized carbons (Fsp3) is 0.412. The SMILES string of the molecule is COc1cc(Br)c(C(c2ccc(Cl)s2)N2CCNCC2)cc1OC. The van der Waals surface area contributed by atoms with Crippen LogP contribution in [0.25, 0.3) is 0 Å². The number of methoxy groups -OCH3 is 2. The van der Waals surface area contributed by atoms with Crippen LogP contribution in [0.1, 0.15) is 16.5 Å². The highest BCUT2D eigenvalue weighted by Crippen LogP contribution is 2.42. The van der Waals surface area contributed by atoms with Crippen LogP contribution in [0.2, 0.25) is 4.34 Å². The van der Waals surface area contributed by atoms with E-state index in [-0.39, 0.29) is 6.04 Å². The molecule has 0 bridgehead atoms. The molecule has 1 saturated heterocycles. The molecule has 0 saturated carbocycles. The lowest BCUT2D eigenvalue weighted by Crippen LogP contribution is -2.45. The Labute approximate surface area is 159 Å². The van der Waals surface area contributed by atoms with Gasteiger partial charge in [-0.25, -0.2) is 0 Å². The Balaban J connectivity index is 2.07. The molecule has 1 N–H and O–H groups in total. The van der Waals surface area contributed by atoms with E-state index in [1.165, 1.54) is 4.88 Å². The van der Waals surface area contributed by atoms with E-state index in [1.807, 2.05) is 12.1 Å². The van der Waals surface area contributed by atoms with Gasteiger partial charge in [-0.2, -0.15) is 0 Å². The van der Waals surface area contributed by atoms with Gasteiger partial charge in [0.1, 0.15) is 0 Å². The summed E-state index contributed by atoms with van der Waals surface area (Å²) in [6, 6.07) is 8.24. The molecule has 1 aliphatic rings. The summed E-state index contributed by atoms with van der Waals surface area (Å²) in [6.45, 7) is 3.95. The molecular formula is C17H20BrClN2O2S. The first-order valence-electron chi connectivity index (χ1n) is 7.75. The Hall–Kier alpha value is -0.790. The van der Waals surface area contributed by atoms with Gasteiger partial charge in [-0.05, 0) is 29.8 Å². The molecule has 1 atom stereocenters. The maximum atomic E-state index is 6.21. The predicted molar refractivity (Wildman–Crippen MR) is 103 cm³/mol. The van der Waals surface area contributed by atoms with E-state index in [4.69, 9.17) is 21.1 Å². The largest absolute Gasteiger partial charge is 0.493 e. The van der Waals surface area contributed by atoms with Gasteiger partial charge in [0.25, 0.3) is 0 Å². The molecular weight excluding hydrogens is 412 g/mol. The molecule has 4 nitrogen and oxygen atoms in total. The van der Waals surface area contributed by atoms with Crippen LogP contribution in [0.4, 0.5) is 0 Å². The molecule has 0 spiro atoms. The first-order valence-corrected chi connectivity index (χ1v) is 9.74. The van der Waals surface area contributed by atoms with E-state index in [0.717, 1.165) is 52.1 Å². The van der Waals surface area contributed by atoms with Gasteiger partial charge >= 0.3 is 0 Å². The Bertz CT molecular complexity index is 704. The van der Waals surface area contributed by atoms with E-state index in [1.54, 1.807) is 25.6 Å². The lowest BCUT2D eigenvalue weighted by atomic mass is 10.0. The second-order valence-corrected chi connectivity index (χ2v) is 8.16. The van der Waals surface area contributed by atoms with Crippen molar-refractivity contribution in [2.24, 2.45) is 0 Å². The quantitative estimate of drug-likeness (QED) is 0.770. The van der Waals surface area contributed by atoms with Crippen LogP contribution in [-0.4, -0.2) is 45.3 Å². The maximum absolute atomic E-state index is 6.21. The minimum absolute atomic E-state index is 0.138. The van der Waals surface area contributed by atoms with Crippen molar-refractivity contribution in [1.29, 1.82) is 0 Å². The summed E-state index contributed by atoms with van der Waals surface area (Å²) in [4.78, 5) is 3.71. The van der Waals surface area contributed by atoms with Crippen molar-refractivity contribution in [3.8, 4) is 11.5 Å². The number of halogens is 2. The van der Waals surface area contributed by atoms with Gasteiger partial charge in [0.2, 0.25) is 0 Å². The summed E-state index contributed by atoms with van der Waals surface area (Å²) >= 11 is 11.6. The summed E-state index contributed by atoms with van der Waals surface area (Å²) in [5.41, 5.74) is 1.16. The number of rotatable bonds is 5. The van der Waals surface area contributed by atoms with Gasteiger partial charge in [-0.1, -0.05) is 27.5 Å². The molecule has 0 amide bonds. The molecule has 0 radical (unpaired) electrons. The van der Waals surface area contributed by atoms with Crippen LogP contribution in [0.15, 0.2) is 28.7 Å². The highest BCUT2D eigenvalue weighted by molar-refractivity contribution is 9.10. The molecule has 7 heteroatoms. The van der Waals surface area contributed by atoms with E-state index in [2.05, 4.69) is 38.3 Å². The monoisotopic (exact) mass is 430 g/mol. The molecule has 1 fully saturated rings. The fourth-order valence-electron chi connectivity index (χ4n) is 3.02. The Morgan fingerprint density at radius 3 is 2.42 bits per heavy atom. The van der Waals surface area contributed by atoms with Gasteiger partial charge in [0.15, 0.2) is 11.5 Å².